The number of carbonyl (C=O) groups is 2. The van der Waals surface area contributed by atoms with Gasteiger partial charge in [-0.3, -0.25) is 14.6 Å². The molecule has 5 nitrogen and oxygen atoms in total. The Kier molecular flexibility index (Phi) is 6.69. The highest BCUT2D eigenvalue weighted by Gasteiger charge is 2.17. The number of nitrogens with zero attached hydrogens (tertiary/aromatic N) is 2. The Balaban J connectivity index is 2.16. The third-order valence-electron chi connectivity index (χ3n) is 3.79. The van der Waals surface area contributed by atoms with Gasteiger partial charge >= 0.3 is 0 Å². The van der Waals surface area contributed by atoms with E-state index < -0.39 is 0 Å². The molecular formula is C20H25N3O2. The Morgan fingerprint density at radius 3 is 2.44 bits per heavy atom. The van der Waals surface area contributed by atoms with Gasteiger partial charge in [-0.05, 0) is 49.6 Å². The van der Waals surface area contributed by atoms with Crippen LogP contribution in [-0.2, 0) is 0 Å². The van der Waals surface area contributed by atoms with Gasteiger partial charge in [0.25, 0.3) is 11.8 Å². The Hall–Kier alpha value is -2.69. The van der Waals surface area contributed by atoms with Crippen LogP contribution in [0.3, 0.4) is 0 Å². The van der Waals surface area contributed by atoms with Crippen molar-refractivity contribution in [1.82, 2.24) is 9.88 Å². The normalized spacial score (nSPS) is 10.4. The highest BCUT2D eigenvalue weighted by molar-refractivity contribution is 6.04. The van der Waals surface area contributed by atoms with Crippen molar-refractivity contribution in [2.24, 2.45) is 0 Å². The topological polar surface area (TPSA) is 62.3 Å². The molecule has 0 spiro atoms. The number of anilines is 1. The number of amides is 2. The third kappa shape index (κ3) is 5.14. The number of hydrogen-bond acceptors (Lipinski definition) is 3. The molecule has 25 heavy (non-hydrogen) atoms. The van der Waals surface area contributed by atoms with Crippen LogP contribution >= 0.6 is 0 Å². The molecule has 1 aromatic carbocycles. The molecule has 0 bridgehead atoms. The summed E-state index contributed by atoms with van der Waals surface area (Å²) in [7, 11) is 0. The lowest BCUT2D eigenvalue weighted by molar-refractivity contribution is 0.0755. The molecule has 0 atom stereocenters. The summed E-state index contributed by atoms with van der Waals surface area (Å²) in [5.41, 5.74) is 2.50. The van der Waals surface area contributed by atoms with Crippen molar-refractivity contribution in [3.8, 4) is 0 Å². The van der Waals surface area contributed by atoms with Crippen LogP contribution in [0.15, 0.2) is 42.6 Å². The number of nitrogens with one attached hydrogen (secondary N) is 1. The fraction of sp³-hybridized carbons (Fsp3) is 0.350. The molecule has 0 aliphatic rings. The molecule has 2 rings (SSSR count). The minimum atomic E-state index is -0.321. The van der Waals surface area contributed by atoms with Crippen molar-refractivity contribution in [2.75, 3.05) is 18.4 Å². The molecule has 0 saturated heterocycles. The maximum absolute atomic E-state index is 12.7. The number of hydrogen-bond donors (Lipinski definition) is 1. The fourth-order valence-corrected chi connectivity index (χ4v) is 2.64. The molecule has 132 valence electrons. The maximum Gasteiger partial charge on any atom is 0.274 e. The highest BCUT2D eigenvalue weighted by Crippen LogP contribution is 2.12. The van der Waals surface area contributed by atoms with E-state index in [-0.39, 0.29) is 17.5 Å². The van der Waals surface area contributed by atoms with Crippen molar-refractivity contribution in [3.63, 3.8) is 0 Å². The van der Waals surface area contributed by atoms with Gasteiger partial charge in [0.15, 0.2) is 0 Å². The number of rotatable bonds is 7. The number of aryl methyl sites for hydroxylation is 1. The van der Waals surface area contributed by atoms with Crippen molar-refractivity contribution >= 4 is 17.5 Å². The summed E-state index contributed by atoms with van der Waals surface area (Å²) in [5.74, 6) is -0.381. The van der Waals surface area contributed by atoms with Gasteiger partial charge in [0, 0.05) is 30.5 Å². The molecule has 1 N–H and O–H groups in total. The second-order valence-electron chi connectivity index (χ2n) is 6.05. The van der Waals surface area contributed by atoms with Crippen LogP contribution < -0.4 is 5.32 Å². The summed E-state index contributed by atoms with van der Waals surface area (Å²) < 4.78 is 0. The first-order valence-electron chi connectivity index (χ1n) is 8.68. The smallest absolute Gasteiger partial charge is 0.274 e. The van der Waals surface area contributed by atoms with Crippen molar-refractivity contribution < 1.29 is 9.59 Å². The van der Waals surface area contributed by atoms with Crippen LogP contribution in [0.2, 0.25) is 0 Å². The van der Waals surface area contributed by atoms with E-state index in [1.165, 1.54) is 6.20 Å². The summed E-state index contributed by atoms with van der Waals surface area (Å²) in [6.07, 6.45) is 3.31. The van der Waals surface area contributed by atoms with Crippen molar-refractivity contribution in [2.45, 2.75) is 33.6 Å². The third-order valence-corrected chi connectivity index (χ3v) is 3.79. The Morgan fingerprint density at radius 2 is 1.80 bits per heavy atom. The summed E-state index contributed by atoms with van der Waals surface area (Å²) in [6, 6.07) is 10.8. The van der Waals surface area contributed by atoms with E-state index in [0.717, 1.165) is 18.4 Å². The lowest BCUT2D eigenvalue weighted by Gasteiger charge is -2.21. The summed E-state index contributed by atoms with van der Waals surface area (Å²) in [5, 5.41) is 2.82. The minimum Gasteiger partial charge on any atom is -0.339 e. The minimum absolute atomic E-state index is 0.0595. The average molecular weight is 339 g/mol. The lowest BCUT2D eigenvalue weighted by atomic mass is 10.1. The molecule has 0 aliphatic carbocycles. The maximum atomic E-state index is 12.7. The highest BCUT2D eigenvalue weighted by atomic mass is 16.2. The van der Waals surface area contributed by atoms with Gasteiger partial charge in [-0.1, -0.05) is 26.0 Å². The monoisotopic (exact) mass is 339 g/mol. The summed E-state index contributed by atoms with van der Waals surface area (Å²) in [6.45, 7) is 7.47. The second kappa shape index (κ2) is 8.97. The number of carbonyl (C=O) groups excluding carboxylic acids is 2. The first-order valence-corrected chi connectivity index (χ1v) is 8.68. The van der Waals surface area contributed by atoms with E-state index in [9.17, 15) is 9.59 Å². The Morgan fingerprint density at radius 1 is 1.08 bits per heavy atom. The van der Waals surface area contributed by atoms with Gasteiger partial charge in [-0.2, -0.15) is 0 Å². The number of pyridine rings is 1. The van der Waals surface area contributed by atoms with Gasteiger partial charge in [-0.25, -0.2) is 0 Å². The van der Waals surface area contributed by atoms with Crippen LogP contribution in [0.4, 0.5) is 5.69 Å². The first-order chi connectivity index (χ1) is 12.0. The SMILES string of the molecule is CCCN(CCC)C(=O)c1ccnc(C(=O)Nc2cccc(C)c2)c1. The van der Waals surface area contributed by atoms with Crippen LogP contribution in [0.25, 0.3) is 0 Å². The molecule has 1 heterocycles. The molecule has 2 aromatic rings. The van der Waals surface area contributed by atoms with E-state index in [0.29, 0.717) is 24.3 Å². The molecule has 0 aliphatic heterocycles. The predicted molar refractivity (Wildman–Crippen MR) is 99.9 cm³/mol. The zero-order chi connectivity index (χ0) is 18.2. The zero-order valence-corrected chi connectivity index (χ0v) is 15.1. The van der Waals surface area contributed by atoms with E-state index in [1.807, 2.05) is 49.9 Å². The van der Waals surface area contributed by atoms with Gasteiger partial charge < -0.3 is 10.2 Å². The standard InChI is InChI=1S/C20H25N3O2/c1-4-11-23(12-5-2)20(25)16-9-10-21-18(14-16)19(24)22-17-8-6-7-15(3)13-17/h6-10,13-14H,4-5,11-12H2,1-3H3,(H,22,24). The number of benzene rings is 1. The lowest BCUT2D eigenvalue weighted by Crippen LogP contribution is -2.32. The first kappa shape index (κ1) is 18.6. The molecule has 0 radical (unpaired) electrons. The fourth-order valence-electron chi connectivity index (χ4n) is 2.64. The zero-order valence-electron chi connectivity index (χ0n) is 15.1. The quantitative estimate of drug-likeness (QED) is 0.832. The van der Waals surface area contributed by atoms with Crippen LogP contribution in [0.5, 0.6) is 0 Å². The average Bonchev–Trinajstić information content (AvgIpc) is 2.61. The second-order valence-corrected chi connectivity index (χ2v) is 6.05. The number of aromatic nitrogens is 1. The Bertz CT molecular complexity index is 737. The molecular weight excluding hydrogens is 314 g/mol. The molecule has 2 amide bonds. The molecule has 0 saturated carbocycles. The van der Waals surface area contributed by atoms with Crippen LogP contribution in [0, 0.1) is 6.92 Å². The van der Waals surface area contributed by atoms with Crippen LogP contribution in [-0.4, -0.2) is 34.8 Å². The Labute approximate surface area is 149 Å². The van der Waals surface area contributed by atoms with E-state index in [4.69, 9.17) is 0 Å². The summed E-state index contributed by atoms with van der Waals surface area (Å²) >= 11 is 0. The van der Waals surface area contributed by atoms with E-state index in [1.54, 1.807) is 12.1 Å². The van der Waals surface area contributed by atoms with Gasteiger partial charge in [0.05, 0.1) is 0 Å². The van der Waals surface area contributed by atoms with Gasteiger partial charge in [0.1, 0.15) is 5.69 Å². The van der Waals surface area contributed by atoms with E-state index >= 15 is 0 Å². The van der Waals surface area contributed by atoms with Crippen molar-refractivity contribution in [3.05, 3.63) is 59.4 Å². The van der Waals surface area contributed by atoms with Gasteiger partial charge in [-0.15, -0.1) is 0 Å². The van der Waals surface area contributed by atoms with Crippen LogP contribution in [0.1, 0.15) is 53.1 Å². The predicted octanol–water partition coefficient (Wildman–Crippen LogP) is 3.90. The molecule has 0 fully saturated rings. The largest absolute Gasteiger partial charge is 0.339 e. The van der Waals surface area contributed by atoms with Crippen molar-refractivity contribution in [1.29, 1.82) is 0 Å². The molecule has 1 aromatic heterocycles. The van der Waals surface area contributed by atoms with Gasteiger partial charge in [0.2, 0.25) is 0 Å². The molecule has 0 unspecified atom stereocenters. The van der Waals surface area contributed by atoms with E-state index in [2.05, 4.69) is 10.3 Å². The molecule has 5 heteroatoms. The summed E-state index contributed by atoms with van der Waals surface area (Å²) in [4.78, 5) is 31.0.